The Labute approximate surface area is 78.8 Å². The molecule has 1 saturated carbocycles. The lowest BCUT2D eigenvalue weighted by atomic mass is 9.93. The highest BCUT2D eigenvalue weighted by molar-refractivity contribution is 5.30. The van der Waals surface area contributed by atoms with Gasteiger partial charge >= 0.3 is 0 Å². The average Bonchev–Trinajstić information content (AvgIpc) is 2.62. The first-order valence-electron chi connectivity index (χ1n) is 5.04. The summed E-state index contributed by atoms with van der Waals surface area (Å²) in [7, 11) is 0. The summed E-state index contributed by atoms with van der Waals surface area (Å²) in [5, 5.41) is 0. The van der Waals surface area contributed by atoms with Crippen molar-refractivity contribution in [3.63, 3.8) is 0 Å². The van der Waals surface area contributed by atoms with Gasteiger partial charge < -0.3 is 0 Å². The number of benzene rings is 1. The molecule has 0 radical (unpaired) electrons. The van der Waals surface area contributed by atoms with E-state index in [2.05, 4.69) is 6.07 Å². The third-order valence-electron chi connectivity index (χ3n) is 3.10. The van der Waals surface area contributed by atoms with Gasteiger partial charge in [-0.3, -0.25) is 0 Å². The fraction of sp³-hybridized carbons (Fsp3) is 0.500. The minimum atomic E-state index is -0.0515. The van der Waals surface area contributed by atoms with Gasteiger partial charge in [-0.05, 0) is 42.9 Å². The first-order chi connectivity index (χ1) is 6.29. The Balaban J connectivity index is 2.33. The van der Waals surface area contributed by atoms with Crippen molar-refractivity contribution in [1.82, 2.24) is 0 Å². The third-order valence-corrected chi connectivity index (χ3v) is 3.10. The van der Waals surface area contributed by atoms with Gasteiger partial charge in [0.25, 0.3) is 0 Å². The average molecular weight is 178 g/mol. The molecule has 13 heavy (non-hydrogen) atoms. The van der Waals surface area contributed by atoms with Crippen molar-refractivity contribution >= 4 is 0 Å². The van der Waals surface area contributed by atoms with E-state index in [1.165, 1.54) is 31.2 Å². The smallest absolute Gasteiger partial charge is 0.126 e. The van der Waals surface area contributed by atoms with Crippen molar-refractivity contribution in [2.24, 2.45) is 0 Å². The molecule has 0 heterocycles. The molecule has 0 aromatic heterocycles. The molecule has 0 N–H and O–H groups in total. The van der Waals surface area contributed by atoms with Crippen molar-refractivity contribution in [3.8, 4) is 0 Å². The number of hydrogen-bond acceptors (Lipinski definition) is 0. The molecule has 1 aliphatic rings. The predicted molar refractivity (Wildman–Crippen MR) is 52.3 cm³/mol. The zero-order chi connectivity index (χ0) is 9.26. The highest BCUT2D eigenvalue weighted by Crippen LogP contribution is 2.35. The van der Waals surface area contributed by atoms with Gasteiger partial charge in [-0.25, -0.2) is 4.39 Å². The zero-order valence-electron chi connectivity index (χ0n) is 8.02. The summed E-state index contributed by atoms with van der Waals surface area (Å²) in [5.74, 6) is 0.570. The predicted octanol–water partition coefficient (Wildman–Crippen LogP) is 3.79. The summed E-state index contributed by atoms with van der Waals surface area (Å²) in [6, 6.07) is 5.46. The second-order valence-electron chi connectivity index (χ2n) is 3.94. The van der Waals surface area contributed by atoms with Gasteiger partial charge in [0, 0.05) is 0 Å². The van der Waals surface area contributed by atoms with Crippen LogP contribution in [-0.2, 0) is 0 Å². The van der Waals surface area contributed by atoms with E-state index in [1.807, 2.05) is 13.0 Å². The van der Waals surface area contributed by atoms with Gasteiger partial charge in [-0.15, -0.1) is 0 Å². The largest absolute Gasteiger partial charge is 0.207 e. The fourth-order valence-corrected chi connectivity index (χ4v) is 2.30. The Kier molecular flexibility index (Phi) is 2.34. The van der Waals surface area contributed by atoms with E-state index in [1.54, 1.807) is 6.07 Å². The summed E-state index contributed by atoms with van der Waals surface area (Å²) < 4.78 is 13.2. The molecule has 1 aliphatic carbocycles. The first-order valence-corrected chi connectivity index (χ1v) is 5.04. The highest BCUT2D eigenvalue weighted by atomic mass is 19.1. The summed E-state index contributed by atoms with van der Waals surface area (Å²) in [4.78, 5) is 0. The van der Waals surface area contributed by atoms with E-state index < -0.39 is 0 Å². The van der Waals surface area contributed by atoms with E-state index in [0.717, 1.165) is 5.56 Å². The minimum Gasteiger partial charge on any atom is -0.207 e. The van der Waals surface area contributed by atoms with Crippen molar-refractivity contribution in [1.29, 1.82) is 0 Å². The first kappa shape index (κ1) is 8.74. The second-order valence-corrected chi connectivity index (χ2v) is 3.94. The van der Waals surface area contributed by atoms with Crippen LogP contribution in [0.25, 0.3) is 0 Å². The summed E-state index contributed by atoms with van der Waals surface area (Å²) in [6.07, 6.45) is 5.09. The Hall–Kier alpha value is -0.850. The maximum atomic E-state index is 13.2. The van der Waals surface area contributed by atoms with Crippen LogP contribution in [0.2, 0.25) is 0 Å². The summed E-state index contributed by atoms with van der Waals surface area (Å²) in [6.45, 7) is 1.89. The van der Waals surface area contributed by atoms with Crippen LogP contribution in [-0.4, -0.2) is 0 Å². The molecular weight excluding hydrogens is 163 g/mol. The van der Waals surface area contributed by atoms with Crippen LogP contribution in [0.15, 0.2) is 18.2 Å². The lowest BCUT2D eigenvalue weighted by molar-refractivity contribution is 0.607. The van der Waals surface area contributed by atoms with E-state index >= 15 is 0 Å². The molecule has 1 fully saturated rings. The Morgan fingerprint density at radius 3 is 2.62 bits per heavy atom. The van der Waals surface area contributed by atoms with Crippen LogP contribution in [0.5, 0.6) is 0 Å². The molecule has 0 spiro atoms. The van der Waals surface area contributed by atoms with E-state index in [9.17, 15) is 4.39 Å². The summed E-state index contributed by atoms with van der Waals surface area (Å²) >= 11 is 0. The molecule has 0 aliphatic heterocycles. The van der Waals surface area contributed by atoms with Crippen molar-refractivity contribution in [2.75, 3.05) is 0 Å². The zero-order valence-corrected chi connectivity index (χ0v) is 8.02. The number of rotatable bonds is 1. The highest BCUT2D eigenvalue weighted by Gasteiger charge is 2.19. The van der Waals surface area contributed by atoms with Crippen molar-refractivity contribution in [2.45, 2.75) is 38.5 Å². The molecule has 0 saturated heterocycles. The quantitative estimate of drug-likeness (QED) is 0.613. The van der Waals surface area contributed by atoms with Crippen LogP contribution >= 0.6 is 0 Å². The third kappa shape index (κ3) is 1.60. The van der Waals surface area contributed by atoms with Gasteiger partial charge in [0.15, 0.2) is 0 Å². The molecule has 0 unspecified atom stereocenters. The molecule has 0 amide bonds. The lowest BCUT2D eigenvalue weighted by Crippen LogP contribution is -1.97. The van der Waals surface area contributed by atoms with Gasteiger partial charge in [0.2, 0.25) is 0 Å². The van der Waals surface area contributed by atoms with E-state index in [4.69, 9.17) is 0 Å². The van der Waals surface area contributed by atoms with Gasteiger partial charge in [0.05, 0.1) is 0 Å². The van der Waals surface area contributed by atoms with Gasteiger partial charge in [0.1, 0.15) is 5.82 Å². The van der Waals surface area contributed by atoms with Gasteiger partial charge in [-0.1, -0.05) is 25.0 Å². The normalized spacial score (nSPS) is 18.0. The van der Waals surface area contributed by atoms with Crippen LogP contribution in [0.1, 0.15) is 42.7 Å². The van der Waals surface area contributed by atoms with E-state index in [-0.39, 0.29) is 5.82 Å². The number of hydrogen-bond donors (Lipinski definition) is 0. The molecule has 2 rings (SSSR count). The molecule has 1 aromatic carbocycles. The minimum absolute atomic E-state index is 0.0515. The van der Waals surface area contributed by atoms with Crippen LogP contribution in [0.3, 0.4) is 0 Å². The SMILES string of the molecule is Cc1c(F)cccc1C1CCCC1. The molecule has 0 bridgehead atoms. The molecule has 1 aromatic rings. The van der Waals surface area contributed by atoms with Crippen molar-refractivity contribution in [3.05, 3.63) is 35.1 Å². The second kappa shape index (κ2) is 3.49. The molecule has 1 heteroatoms. The van der Waals surface area contributed by atoms with Gasteiger partial charge in [-0.2, -0.15) is 0 Å². The maximum absolute atomic E-state index is 13.2. The Morgan fingerprint density at radius 1 is 1.23 bits per heavy atom. The maximum Gasteiger partial charge on any atom is 0.126 e. The van der Waals surface area contributed by atoms with Crippen LogP contribution in [0, 0.1) is 12.7 Å². The standard InChI is InChI=1S/C12H15F/c1-9-11(7-4-8-12(9)13)10-5-2-3-6-10/h4,7-8,10H,2-3,5-6H2,1H3. The monoisotopic (exact) mass is 178 g/mol. The fourth-order valence-electron chi connectivity index (χ4n) is 2.30. The lowest BCUT2D eigenvalue weighted by Gasteiger charge is -2.12. The molecular formula is C12H15F. The Morgan fingerprint density at radius 2 is 1.92 bits per heavy atom. The Bertz CT molecular complexity index is 298. The van der Waals surface area contributed by atoms with Crippen LogP contribution in [0.4, 0.5) is 4.39 Å². The molecule has 0 atom stereocenters. The topological polar surface area (TPSA) is 0 Å². The number of halogens is 1. The van der Waals surface area contributed by atoms with Crippen molar-refractivity contribution < 1.29 is 4.39 Å². The van der Waals surface area contributed by atoms with E-state index in [0.29, 0.717) is 5.92 Å². The summed E-state index contributed by atoms with van der Waals surface area (Å²) in [5.41, 5.74) is 2.09. The molecule has 70 valence electrons. The molecule has 0 nitrogen and oxygen atoms in total. The van der Waals surface area contributed by atoms with Crippen LogP contribution < -0.4 is 0 Å².